The van der Waals surface area contributed by atoms with Crippen molar-refractivity contribution in [1.29, 1.82) is 0 Å². The Balaban J connectivity index is 1.76. The van der Waals surface area contributed by atoms with E-state index >= 15 is 0 Å². The van der Waals surface area contributed by atoms with Gasteiger partial charge in [0.2, 0.25) is 0 Å². The van der Waals surface area contributed by atoms with Gasteiger partial charge in [-0.15, -0.1) is 0 Å². The van der Waals surface area contributed by atoms with Crippen LogP contribution in [0.3, 0.4) is 0 Å². The fourth-order valence-corrected chi connectivity index (χ4v) is 2.75. The summed E-state index contributed by atoms with van der Waals surface area (Å²) in [6.07, 6.45) is 2.72. The van der Waals surface area contributed by atoms with Crippen molar-refractivity contribution < 1.29 is 0 Å². The van der Waals surface area contributed by atoms with E-state index in [4.69, 9.17) is 0 Å². The number of nitrogens with zero attached hydrogens (tertiary/aromatic N) is 1. The lowest BCUT2D eigenvalue weighted by atomic mass is 10.1. The van der Waals surface area contributed by atoms with E-state index in [0.29, 0.717) is 0 Å². The van der Waals surface area contributed by atoms with E-state index in [0.717, 1.165) is 19.1 Å². The number of hydrogen-bond donors (Lipinski definition) is 1. The molecule has 0 radical (unpaired) electrons. The molecule has 1 atom stereocenters. The first-order valence-corrected chi connectivity index (χ1v) is 6.80. The summed E-state index contributed by atoms with van der Waals surface area (Å²) >= 11 is 0. The van der Waals surface area contributed by atoms with Gasteiger partial charge in [-0.2, -0.15) is 0 Å². The molecule has 0 saturated carbocycles. The van der Waals surface area contributed by atoms with E-state index in [-0.39, 0.29) is 0 Å². The Kier molecular flexibility index (Phi) is 4.57. The summed E-state index contributed by atoms with van der Waals surface area (Å²) in [5, 5.41) is 3.59. The van der Waals surface area contributed by atoms with Gasteiger partial charge in [-0.1, -0.05) is 36.8 Å². The maximum absolute atomic E-state index is 3.59. The quantitative estimate of drug-likeness (QED) is 0.839. The Morgan fingerprint density at radius 1 is 1.41 bits per heavy atom. The van der Waals surface area contributed by atoms with Crippen LogP contribution in [0.1, 0.15) is 30.9 Å². The lowest BCUT2D eigenvalue weighted by Gasteiger charge is -2.23. The van der Waals surface area contributed by atoms with Crippen LogP contribution in [0, 0.1) is 6.92 Å². The average Bonchev–Trinajstić information content (AvgIpc) is 2.77. The van der Waals surface area contributed by atoms with Crippen LogP contribution in [0.4, 0.5) is 0 Å². The molecular weight excluding hydrogens is 208 g/mol. The molecule has 2 nitrogen and oxygen atoms in total. The third kappa shape index (κ3) is 3.55. The molecule has 0 spiro atoms. The number of nitrogens with one attached hydrogen (secondary N) is 1. The molecule has 0 aromatic heterocycles. The minimum absolute atomic E-state index is 0.754. The molecule has 0 bridgehead atoms. The molecule has 1 aromatic rings. The fraction of sp³-hybridized carbons (Fsp3) is 0.600. The standard InChI is InChI=1S/C15H24N2/c1-3-17-9-5-8-15(17)12-16-11-14-7-4-6-13(2)10-14/h4,6-7,10,15-16H,3,5,8-9,11-12H2,1-2H3. The predicted molar refractivity (Wildman–Crippen MR) is 73.2 cm³/mol. The third-order valence-corrected chi connectivity index (χ3v) is 3.70. The Labute approximate surface area is 105 Å². The van der Waals surface area contributed by atoms with Gasteiger partial charge in [0.15, 0.2) is 0 Å². The molecule has 1 heterocycles. The second-order valence-corrected chi connectivity index (χ2v) is 5.04. The van der Waals surface area contributed by atoms with Crippen molar-refractivity contribution in [1.82, 2.24) is 10.2 Å². The fourth-order valence-electron chi connectivity index (χ4n) is 2.75. The third-order valence-electron chi connectivity index (χ3n) is 3.70. The number of hydrogen-bond acceptors (Lipinski definition) is 2. The lowest BCUT2D eigenvalue weighted by molar-refractivity contribution is 0.260. The van der Waals surface area contributed by atoms with Gasteiger partial charge < -0.3 is 5.32 Å². The van der Waals surface area contributed by atoms with Crippen LogP contribution in [0.2, 0.25) is 0 Å². The lowest BCUT2D eigenvalue weighted by Crippen LogP contribution is -2.37. The van der Waals surface area contributed by atoms with Crippen LogP contribution in [0.25, 0.3) is 0 Å². The van der Waals surface area contributed by atoms with Gasteiger partial charge in [0.1, 0.15) is 0 Å². The first-order chi connectivity index (χ1) is 8.29. The van der Waals surface area contributed by atoms with E-state index in [2.05, 4.69) is 48.3 Å². The minimum atomic E-state index is 0.754. The van der Waals surface area contributed by atoms with Gasteiger partial charge in [-0.3, -0.25) is 4.90 Å². The Morgan fingerprint density at radius 3 is 3.06 bits per heavy atom. The van der Waals surface area contributed by atoms with E-state index in [1.807, 2.05) is 0 Å². The second kappa shape index (κ2) is 6.18. The smallest absolute Gasteiger partial charge is 0.0221 e. The molecular formula is C15H24N2. The topological polar surface area (TPSA) is 15.3 Å². The van der Waals surface area contributed by atoms with Gasteiger partial charge in [0, 0.05) is 19.1 Å². The van der Waals surface area contributed by atoms with Gasteiger partial charge in [-0.25, -0.2) is 0 Å². The van der Waals surface area contributed by atoms with Gasteiger partial charge in [0.25, 0.3) is 0 Å². The molecule has 1 unspecified atom stereocenters. The van der Waals surface area contributed by atoms with E-state index in [9.17, 15) is 0 Å². The second-order valence-electron chi connectivity index (χ2n) is 5.04. The molecule has 1 saturated heterocycles. The van der Waals surface area contributed by atoms with Crippen molar-refractivity contribution in [3.63, 3.8) is 0 Å². The summed E-state index contributed by atoms with van der Waals surface area (Å²) < 4.78 is 0. The van der Waals surface area contributed by atoms with Crippen molar-refractivity contribution in [2.24, 2.45) is 0 Å². The summed E-state index contributed by atoms with van der Waals surface area (Å²) in [5.41, 5.74) is 2.74. The summed E-state index contributed by atoms with van der Waals surface area (Å²) in [6.45, 7) is 9.01. The van der Waals surface area contributed by atoms with E-state index in [1.54, 1.807) is 0 Å². The molecule has 1 N–H and O–H groups in total. The molecule has 1 fully saturated rings. The van der Waals surface area contributed by atoms with E-state index < -0.39 is 0 Å². The van der Waals surface area contributed by atoms with Crippen molar-refractivity contribution >= 4 is 0 Å². The molecule has 94 valence electrons. The van der Waals surface area contributed by atoms with E-state index in [1.165, 1.54) is 37.1 Å². The highest BCUT2D eigenvalue weighted by Gasteiger charge is 2.21. The average molecular weight is 232 g/mol. The Hall–Kier alpha value is -0.860. The normalized spacial score (nSPS) is 20.9. The molecule has 1 aromatic carbocycles. The number of aryl methyl sites for hydroxylation is 1. The highest BCUT2D eigenvalue weighted by molar-refractivity contribution is 5.21. The van der Waals surface area contributed by atoms with Gasteiger partial charge in [-0.05, 0) is 38.4 Å². The SMILES string of the molecule is CCN1CCCC1CNCc1cccc(C)c1. The van der Waals surface area contributed by atoms with Gasteiger partial charge in [0.05, 0.1) is 0 Å². The highest BCUT2D eigenvalue weighted by atomic mass is 15.2. The first kappa shape index (κ1) is 12.6. The van der Waals surface area contributed by atoms with Crippen LogP contribution in [-0.4, -0.2) is 30.6 Å². The summed E-state index contributed by atoms with van der Waals surface area (Å²) in [7, 11) is 0. The van der Waals surface area contributed by atoms with Crippen molar-refractivity contribution in [3.8, 4) is 0 Å². The number of benzene rings is 1. The zero-order chi connectivity index (χ0) is 12.1. The Morgan fingerprint density at radius 2 is 2.29 bits per heavy atom. The van der Waals surface area contributed by atoms with Crippen molar-refractivity contribution in [2.75, 3.05) is 19.6 Å². The van der Waals surface area contributed by atoms with Crippen molar-refractivity contribution in [3.05, 3.63) is 35.4 Å². The molecule has 2 rings (SSSR count). The number of likely N-dealkylation sites (tertiary alicyclic amines) is 1. The van der Waals surface area contributed by atoms with Crippen LogP contribution in [-0.2, 0) is 6.54 Å². The first-order valence-electron chi connectivity index (χ1n) is 6.80. The predicted octanol–water partition coefficient (Wildman–Crippen LogP) is 2.57. The van der Waals surface area contributed by atoms with Crippen LogP contribution >= 0.6 is 0 Å². The Bertz CT molecular complexity index is 349. The molecule has 2 heteroatoms. The highest BCUT2D eigenvalue weighted by Crippen LogP contribution is 2.15. The van der Waals surface area contributed by atoms with Crippen LogP contribution in [0.15, 0.2) is 24.3 Å². The molecule has 0 aliphatic carbocycles. The van der Waals surface area contributed by atoms with Crippen LogP contribution in [0.5, 0.6) is 0 Å². The molecule has 17 heavy (non-hydrogen) atoms. The molecule has 1 aliphatic rings. The zero-order valence-corrected chi connectivity index (χ0v) is 11.1. The van der Waals surface area contributed by atoms with Crippen LogP contribution < -0.4 is 5.32 Å². The monoisotopic (exact) mass is 232 g/mol. The maximum Gasteiger partial charge on any atom is 0.0221 e. The summed E-state index contributed by atoms with van der Waals surface area (Å²) in [6, 6.07) is 9.51. The molecule has 1 aliphatic heterocycles. The number of likely N-dealkylation sites (N-methyl/N-ethyl adjacent to an activating group) is 1. The minimum Gasteiger partial charge on any atom is -0.311 e. The zero-order valence-electron chi connectivity index (χ0n) is 11.1. The molecule has 0 amide bonds. The summed E-state index contributed by atoms with van der Waals surface area (Å²) in [5.74, 6) is 0. The number of rotatable bonds is 5. The summed E-state index contributed by atoms with van der Waals surface area (Å²) in [4.78, 5) is 2.59. The largest absolute Gasteiger partial charge is 0.311 e. The van der Waals surface area contributed by atoms with Crippen molar-refractivity contribution in [2.45, 2.75) is 39.3 Å². The maximum atomic E-state index is 3.59. The van der Waals surface area contributed by atoms with Gasteiger partial charge >= 0.3 is 0 Å².